The van der Waals surface area contributed by atoms with E-state index in [1.807, 2.05) is 12.1 Å². The number of aryl methyl sites for hydroxylation is 3. The van der Waals surface area contributed by atoms with Gasteiger partial charge in [-0.05, 0) is 44.0 Å². The molecular weight excluding hydrogens is 364 g/mol. The molecule has 0 unspecified atom stereocenters. The number of hydrogen-bond acceptors (Lipinski definition) is 4. The Balaban J connectivity index is 2.19. The first-order chi connectivity index (χ1) is 14.0. The Hall–Kier alpha value is -2.86. The van der Waals surface area contributed by atoms with E-state index >= 15 is 0 Å². The van der Waals surface area contributed by atoms with Gasteiger partial charge in [-0.15, -0.1) is 0 Å². The van der Waals surface area contributed by atoms with Crippen LogP contribution < -0.4 is 11.1 Å². The van der Waals surface area contributed by atoms with Crippen LogP contribution in [0.15, 0.2) is 41.6 Å². The molecule has 2 aromatic carbocycles. The van der Waals surface area contributed by atoms with Crippen LogP contribution in [0.5, 0.6) is 0 Å². The van der Waals surface area contributed by atoms with E-state index in [9.17, 15) is 4.79 Å². The highest BCUT2D eigenvalue weighted by atomic mass is 16.6. The fourth-order valence-electron chi connectivity index (χ4n) is 3.56. The van der Waals surface area contributed by atoms with Crippen molar-refractivity contribution in [1.29, 1.82) is 0 Å². The van der Waals surface area contributed by atoms with Crippen molar-refractivity contribution in [1.82, 2.24) is 9.47 Å². The third kappa shape index (κ3) is 4.27. The van der Waals surface area contributed by atoms with Crippen molar-refractivity contribution in [3.63, 3.8) is 0 Å². The standard InChI is InChI=1S/C23H30N4O2/c1-16-10-11-19-22(25-29-15-12-21(28)26(3)4)18-8-5-6-9-20(18)27(14-7-13-24)23(19)17(16)2/h5-6,8-11H,7,12-15,24H2,1-4H3. The van der Waals surface area contributed by atoms with Gasteiger partial charge in [0.2, 0.25) is 5.91 Å². The third-order valence-electron chi connectivity index (χ3n) is 5.32. The minimum atomic E-state index is 0.0223. The van der Waals surface area contributed by atoms with Gasteiger partial charge >= 0.3 is 0 Å². The molecule has 0 saturated heterocycles. The lowest BCUT2D eigenvalue weighted by molar-refractivity contribution is -0.129. The molecule has 6 heteroatoms. The molecule has 0 saturated carbocycles. The first kappa shape index (κ1) is 20.9. The average molecular weight is 395 g/mol. The number of hydrogen-bond donors (Lipinski definition) is 1. The quantitative estimate of drug-likeness (QED) is 0.380. The van der Waals surface area contributed by atoms with Gasteiger partial charge in [-0.3, -0.25) is 4.79 Å². The van der Waals surface area contributed by atoms with E-state index in [0.29, 0.717) is 13.0 Å². The summed E-state index contributed by atoms with van der Waals surface area (Å²) >= 11 is 0. The van der Waals surface area contributed by atoms with Gasteiger partial charge in [-0.2, -0.15) is 0 Å². The molecule has 0 atom stereocenters. The molecule has 0 aliphatic heterocycles. The molecular formula is C23H30N4O2. The summed E-state index contributed by atoms with van der Waals surface area (Å²) in [7, 11) is 3.48. The van der Waals surface area contributed by atoms with Gasteiger partial charge in [0.1, 0.15) is 12.0 Å². The van der Waals surface area contributed by atoms with Gasteiger partial charge in [-0.1, -0.05) is 35.5 Å². The summed E-state index contributed by atoms with van der Waals surface area (Å²) in [6, 6.07) is 12.5. The van der Waals surface area contributed by atoms with Gasteiger partial charge in [0.15, 0.2) is 0 Å². The smallest absolute Gasteiger partial charge is 0.225 e. The van der Waals surface area contributed by atoms with Crippen LogP contribution in [-0.2, 0) is 16.2 Å². The van der Waals surface area contributed by atoms with Crippen molar-refractivity contribution in [2.75, 3.05) is 27.2 Å². The zero-order valence-electron chi connectivity index (χ0n) is 17.7. The van der Waals surface area contributed by atoms with Crippen molar-refractivity contribution in [3.05, 3.63) is 52.9 Å². The van der Waals surface area contributed by atoms with Crippen molar-refractivity contribution in [2.45, 2.75) is 33.2 Å². The molecule has 2 N–H and O–H groups in total. The predicted molar refractivity (Wildman–Crippen MR) is 117 cm³/mol. The highest BCUT2D eigenvalue weighted by Crippen LogP contribution is 2.24. The Morgan fingerprint density at radius 2 is 1.90 bits per heavy atom. The topological polar surface area (TPSA) is 72.8 Å². The maximum absolute atomic E-state index is 11.8. The maximum atomic E-state index is 11.8. The van der Waals surface area contributed by atoms with E-state index in [-0.39, 0.29) is 12.5 Å². The molecule has 29 heavy (non-hydrogen) atoms. The number of rotatable bonds is 7. The number of pyridine rings is 1. The first-order valence-corrected chi connectivity index (χ1v) is 10.0. The lowest BCUT2D eigenvalue weighted by atomic mass is 10.0. The summed E-state index contributed by atoms with van der Waals surface area (Å²) in [6.45, 7) is 6.00. The Bertz CT molecular complexity index is 1100. The average Bonchev–Trinajstić information content (AvgIpc) is 2.72. The number of fused-ring (bicyclic) bond motifs is 2. The molecule has 3 aromatic rings. The summed E-state index contributed by atoms with van der Waals surface area (Å²) in [5.41, 5.74) is 10.5. The van der Waals surface area contributed by atoms with Crippen molar-refractivity contribution >= 4 is 27.7 Å². The van der Waals surface area contributed by atoms with Crippen LogP contribution in [0.25, 0.3) is 21.8 Å². The van der Waals surface area contributed by atoms with Gasteiger partial charge in [0.25, 0.3) is 0 Å². The van der Waals surface area contributed by atoms with Crippen molar-refractivity contribution in [3.8, 4) is 0 Å². The number of carbonyl (C=O) groups excluding carboxylic acids is 1. The summed E-state index contributed by atoms with van der Waals surface area (Å²) in [6.07, 6.45) is 1.20. The molecule has 3 rings (SSSR count). The first-order valence-electron chi connectivity index (χ1n) is 10.0. The van der Waals surface area contributed by atoms with Gasteiger partial charge < -0.3 is 20.0 Å². The molecule has 0 aliphatic carbocycles. The number of nitrogens with two attached hydrogens (primary N) is 1. The number of aromatic nitrogens is 1. The van der Waals surface area contributed by atoms with Gasteiger partial charge in [0.05, 0.1) is 17.5 Å². The van der Waals surface area contributed by atoms with Crippen LogP contribution in [0.2, 0.25) is 0 Å². The molecule has 154 valence electrons. The molecule has 6 nitrogen and oxygen atoms in total. The van der Waals surface area contributed by atoms with E-state index in [1.165, 1.54) is 11.1 Å². The van der Waals surface area contributed by atoms with Gasteiger partial charge in [-0.25, -0.2) is 0 Å². The van der Waals surface area contributed by atoms with E-state index < -0.39 is 0 Å². The highest BCUT2D eigenvalue weighted by Gasteiger charge is 2.13. The molecule has 1 aromatic heterocycles. The number of carbonyl (C=O) groups is 1. The van der Waals surface area contributed by atoms with E-state index in [4.69, 9.17) is 10.6 Å². The van der Waals surface area contributed by atoms with Crippen molar-refractivity contribution < 1.29 is 9.63 Å². The normalized spacial score (nSPS) is 12.0. The predicted octanol–water partition coefficient (Wildman–Crippen LogP) is 3.07. The molecule has 0 fully saturated rings. The van der Waals surface area contributed by atoms with Crippen molar-refractivity contribution in [2.24, 2.45) is 10.9 Å². The number of amides is 1. The summed E-state index contributed by atoms with van der Waals surface area (Å²) < 4.78 is 2.34. The zero-order chi connectivity index (χ0) is 21.0. The zero-order valence-corrected chi connectivity index (χ0v) is 17.7. The second-order valence-corrected chi connectivity index (χ2v) is 7.53. The monoisotopic (exact) mass is 394 g/mol. The van der Waals surface area contributed by atoms with Gasteiger partial charge in [0, 0.05) is 31.4 Å². The Labute approximate surface area is 171 Å². The lowest BCUT2D eigenvalue weighted by Crippen LogP contribution is -2.22. The fourth-order valence-corrected chi connectivity index (χ4v) is 3.56. The Morgan fingerprint density at radius 1 is 1.14 bits per heavy atom. The number of nitrogens with zero attached hydrogens (tertiary/aromatic N) is 3. The van der Waals surface area contributed by atoms with Crippen LogP contribution in [0, 0.1) is 13.8 Å². The molecule has 0 bridgehead atoms. The second-order valence-electron chi connectivity index (χ2n) is 7.53. The Kier molecular flexibility index (Phi) is 6.54. The third-order valence-corrected chi connectivity index (χ3v) is 5.32. The summed E-state index contributed by atoms with van der Waals surface area (Å²) in [4.78, 5) is 19.0. The largest absolute Gasteiger partial charge is 0.395 e. The Morgan fingerprint density at radius 3 is 2.62 bits per heavy atom. The van der Waals surface area contributed by atoms with E-state index in [2.05, 4.69) is 47.8 Å². The van der Waals surface area contributed by atoms with Crippen LogP contribution in [0.1, 0.15) is 24.0 Å². The minimum Gasteiger partial charge on any atom is -0.395 e. The van der Waals surface area contributed by atoms with Crippen LogP contribution in [0.4, 0.5) is 0 Å². The summed E-state index contributed by atoms with van der Waals surface area (Å²) in [5.74, 6) is 0.0223. The molecule has 1 heterocycles. The molecule has 0 spiro atoms. The second kappa shape index (κ2) is 9.09. The van der Waals surface area contributed by atoms with E-state index in [1.54, 1.807) is 19.0 Å². The highest BCUT2D eigenvalue weighted by molar-refractivity contribution is 5.95. The molecule has 0 radical (unpaired) electrons. The fraction of sp³-hybridized carbons (Fsp3) is 0.391. The van der Waals surface area contributed by atoms with Crippen LogP contribution >= 0.6 is 0 Å². The number of benzene rings is 2. The SMILES string of the molecule is Cc1ccc2c(=NOCCC(=O)N(C)C)c3ccccc3n(CCCN)c2c1C. The minimum absolute atomic E-state index is 0.0223. The number of para-hydroxylation sites is 1. The maximum Gasteiger partial charge on any atom is 0.225 e. The molecule has 1 amide bonds. The summed E-state index contributed by atoms with van der Waals surface area (Å²) in [5, 5.41) is 7.35. The van der Waals surface area contributed by atoms with E-state index in [0.717, 1.165) is 40.1 Å². The van der Waals surface area contributed by atoms with Crippen LogP contribution in [-0.4, -0.2) is 42.6 Å². The lowest BCUT2D eigenvalue weighted by Gasteiger charge is -2.18. The molecule has 0 aliphatic rings. The van der Waals surface area contributed by atoms with Crippen LogP contribution in [0.3, 0.4) is 0 Å².